The van der Waals surface area contributed by atoms with E-state index in [1.807, 2.05) is 0 Å². The van der Waals surface area contributed by atoms with E-state index in [-0.39, 0.29) is 18.6 Å². The van der Waals surface area contributed by atoms with Crippen LogP contribution in [-0.4, -0.2) is 23.7 Å². The van der Waals surface area contributed by atoms with Gasteiger partial charge in [0.15, 0.2) is 0 Å². The number of nitrogens with one attached hydrogen (secondary N) is 1. The first-order chi connectivity index (χ1) is 11.1. The maximum absolute atomic E-state index is 12.2. The molecule has 1 aromatic carbocycles. The van der Waals surface area contributed by atoms with E-state index in [0.717, 1.165) is 12.8 Å². The van der Waals surface area contributed by atoms with Gasteiger partial charge in [0.25, 0.3) is 5.91 Å². The quantitative estimate of drug-likeness (QED) is 0.849. The third-order valence-corrected chi connectivity index (χ3v) is 4.18. The number of amides is 1. The van der Waals surface area contributed by atoms with Gasteiger partial charge in [-0.1, -0.05) is 11.6 Å². The minimum absolute atomic E-state index is 0.0446. The molecule has 0 bridgehead atoms. The SMILES string of the molecule is O=C(NCC(O)c1ccco1)c1ccc(OC2CCC2)cc1Cl. The lowest BCUT2D eigenvalue weighted by atomic mass is 9.96. The molecule has 2 N–H and O–H groups in total. The van der Waals surface area contributed by atoms with Crippen LogP contribution >= 0.6 is 11.6 Å². The number of rotatable bonds is 6. The predicted molar refractivity (Wildman–Crippen MR) is 85.7 cm³/mol. The molecule has 1 unspecified atom stereocenters. The molecule has 1 fully saturated rings. The second-order valence-electron chi connectivity index (χ2n) is 5.55. The Hall–Kier alpha value is -1.98. The molecular weight excluding hydrogens is 318 g/mol. The monoisotopic (exact) mass is 335 g/mol. The number of aliphatic hydroxyl groups excluding tert-OH is 1. The zero-order chi connectivity index (χ0) is 16.2. The van der Waals surface area contributed by atoms with Crippen LogP contribution in [0.1, 0.15) is 41.5 Å². The topological polar surface area (TPSA) is 71.7 Å². The van der Waals surface area contributed by atoms with Gasteiger partial charge in [-0.05, 0) is 49.6 Å². The summed E-state index contributed by atoms with van der Waals surface area (Å²) >= 11 is 6.16. The van der Waals surface area contributed by atoms with Crippen molar-refractivity contribution in [2.24, 2.45) is 0 Å². The van der Waals surface area contributed by atoms with E-state index in [1.54, 1.807) is 30.3 Å². The number of carbonyl (C=O) groups excluding carboxylic acids is 1. The molecule has 1 saturated carbocycles. The molecule has 1 atom stereocenters. The summed E-state index contributed by atoms with van der Waals surface area (Å²) in [6, 6.07) is 8.35. The van der Waals surface area contributed by atoms with E-state index < -0.39 is 6.10 Å². The fourth-order valence-corrected chi connectivity index (χ4v) is 2.56. The molecule has 1 aliphatic rings. The molecule has 1 heterocycles. The number of halogens is 1. The van der Waals surface area contributed by atoms with Crippen LogP contribution in [0.4, 0.5) is 0 Å². The highest BCUT2D eigenvalue weighted by molar-refractivity contribution is 6.34. The third-order valence-electron chi connectivity index (χ3n) is 3.87. The number of carbonyl (C=O) groups is 1. The van der Waals surface area contributed by atoms with Gasteiger partial charge in [0, 0.05) is 0 Å². The van der Waals surface area contributed by atoms with E-state index in [0.29, 0.717) is 22.1 Å². The van der Waals surface area contributed by atoms with Crippen molar-refractivity contribution in [1.29, 1.82) is 0 Å². The Morgan fingerprint density at radius 1 is 1.43 bits per heavy atom. The standard InChI is InChI=1S/C17H18ClNO4/c18-14-9-12(23-11-3-1-4-11)6-7-13(14)17(21)19-10-15(20)16-5-2-8-22-16/h2,5-9,11,15,20H,1,3-4,10H2,(H,19,21). The zero-order valence-electron chi connectivity index (χ0n) is 12.5. The maximum atomic E-state index is 12.2. The van der Waals surface area contributed by atoms with Crippen LogP contribution in [0.2, 0.25) is 5.02 Å². The van der Waals surface area contributed by atoms with Gasteiger partial charge in [-0.2, -0.15) is 0 Å². The average Bonchev–Trinajstić information content (AvgIpc) is 3.03. The molecule has 5 nitrogen and oxygen atoms in total. The van der Waals surface area contributed by atoms with Gasteiger partial charge in [-0.25, -0.2) is 0 Å². The van der Waals surface area contributed by atoms with Gasteiger partial charge in [-0.15, -0.1) is 0 Å². The van der Waals surface area contributed by atoms with E-state index in [4.69, 9.17) is 20.8 Å². The molecule has 0 spiro atoms. The molecule has 6 heteroatoms. The second-order valence-corrected chi connectivity index (χ2v) is 5.96. The van der Waals surface area contributed by atoms with Gasteiger partial charge >= 0.3 is 0 Å². The van der Waals surface area contributed by atoms with Gasteiger partial charge in [0.2, 0.25) is 0 Å². The van der Waals surface area contributed by atoms with Crippen LogP contribution < -0.4 is 10.1 Å². The van der Waals surface area contributed by atoms with Crippen molar-refractivity contribution in [3.8, 4) is 5.75 Å². The maximum Gasteiger partial charge on any atom is 0.252 e. The second kappa shape index (κ2) is 7.06. The minimum Gasteiger partial charge on any atom is -0.490 e. The van der Waals surface area contributed by atoms with Gasteiger partial charge in [0.1, 0.15) is 17.6 Å². The Morgan fingerprint density at radius 3 is 2.87 bits per heavy atom. The molecule has 0 saturated heterocycles. The Labute approximate surface area is 139 Å². The largest absolute Gasteiger partial charge is 0.490 e. The summed E-state index contributed by atoms with van der Waals surface area (Å²) in [5.41, 5.74) is 0.347. The van der Waals surface area contributed by atoms with Gasteiger partial charge in [-0.3, -0.25) is 4.79 Å². The fourth-order valence-electron chi connectivity index (χ4n) is 2.30. The van der Waals surface area contributed by atoms with E-state index in [9.17, 15) is 9.90 Å². The number of hydrogen-bond acceptors (Lipinski definition) is 4. The molecule has 0 radical (unpaired) electrons. The average molecular weight is 336 g/mol. The van der Waals surface area contributed by atoms with Crippen LogP contribution in [0.5, 0.6) is 5.75 Å². The normalized spacial score (nSPS) is 15.7. The Kier molecular flexibility index (Phi) is 4.88. The minimum atomic E-state index is -0.894. The lowest BCUT2D eigenvalue weighted by Crippen LogP contribution is -2.28. The van der Waals surface area contributed by atoms with Crippen LogP contribution in [0.3, 0.4) is 0 Å². The summed E-state index contributed by atoms with van der Waals surface area (Å²) in [6.07, 6.45) is 4.15. The number of benzene rings is 1. The zero-order valence-corrected chi connectivity index (χ0v) is 13.3. The van der Waals surface area contributed by atoms with Crippen LogP contribution in [0, 0.1) is 0 Å². The number of furan rings is 1. The van der Waals surface area contributed by atoms with Crippen molar-refractivity contribution in [2.45, 2.75) is 31.5 Å². The van der Waals surface area contributed by atoms with Crippen molar-refractivity contribution in [1.82, 2.24) is 5.32 Å². The first-order valence-electron chi connectivity index (χ1n) is 7.59. The molecule has 1 amide bonds. The van der Waals surface area contributed by atoms with Crippen molar-refractivity contribution >= 4 is 17.5 Å². The summed E-state index contributed by atoms with van der Waals surface area (Å²) < 4.78 is 10.8. The van der Waals surface area contributed by atoms with Crippen molar-refractivity contribution in [2.75, 3.05) is 6.54 Å². The summed E-state index contributed by atoms with van der Waals surface area (Å²) in [5.74, 6) is 0.725. The van der Waals surface area contributed by atoms with Gasteiger partial charge in [0.05, 0.1) is 29.5 Å². The summed E-state index contributed by atoms with van der Waals surface area (Å²) in [4.78, 5) is 12.2. The molecule has 2 aromatic rings. The first kappa shape index (κ1) is 15.9. The van der Waals surface area contributed by atoms with E-state index in [2.05, 4.69) is 5.32 Å². The molecule has 0 aliphatic heterocycles. The number of ether oxygens (including phenoxy) is 1. The first-order valence-corrected chi connectivity index (χ1v) is 7.97. The highest BCUT2D eigenvalue weighted by Crippen LogP contribution is 2.28. The fraction of sp³-hybridized carbons (Fsp3) is 0.353. The summed E-state index contributed by atoms with van der Waals surface area (Å²) in [5, 5.41) is 12.9. The highest BCUT2D eigenvalue weighted by atomic mass is 35.5. The third kappa shape index (κ3) is 3.86. The molecule has 3 rings (SSSR count). The van der Waals surface area contributed by atoms with Crippen LogP contribution in [-0.2, 0) is 0 Å². The van der Waals surface area contributed by atoms with Crippen molar-refractivity contribution < 1.29 is 19.1 Å². The Balaban J connectivity index is 1.58. The molecule has 1 aromatic heterocycles. The highest BCUT2D eigenvalue weighted by Gasteiger charge is 2.20. The van der Waals surface area contributed by atoms with Crippen LogP contribution in [0.15, 0.2) is 41.0 Å². The lowest BCUT2D eigenvalue weighted by molar-refractivity contribution is 0.0901. The number of hydrogen-bond donors (Lipinski definition) is 2. The lowest BCUT2D eigenvalue weighted by Gasteiger charge is -2.26. The molecule has 23 heavy (non-hydrogen) atoms. The Morgan fingerprint density at radius 2 is 2.26 bits per heavy atom. The molecular formula is C17H18ClNO4. The predicted octanol–water partition coefficient (Wildman–Crippen LogP) is 3.33. The molecule has 1 aliphatic carbocycles. The van der Waals surface area contributed by atoms with E-state index in [1.165, 1.54) is 12.7 Å². The summed E-state index contributed by atoms with van der Waals surface area (Å²) in [6.45, 7) is 0.0446. The summed E-state index contributed by atoms with van der Waals surface area (Å²) in [7, 11) is 0. The molecule has 122 valence electrons. The van der Waals surface area contributed by atoms with Gasteiger partial charge < -0.3 is 19.6 Å². The van der Waals surface area contributed by atoms with Crippen molar-refractivity contribution in [3.63, 3.8) is 0 Å². The van der Waals surface area contributed by atoms with Crippen molar-refractivity contribution in [3.05, 3.63) is 52.9 Å². The van der Waals surface area contributed by atoms with E-state index >= 15 is 0 Å². The van der Waals surface area contributed by atoms with Crippen LogP contribution in [0.25, 0.3) is 0 Å². The smallest absolute Gasteiger partial charge is 0.252 e. The number of aliphatic hydroxyl groups is 1. The Bertz CT molecular complexity index is 667.